The molecule has 0 aromatic heterocycles. The Morgan fingerprint density at radius 3 is 2.50 bits per heavy atom. The Morgan fingerprint density at radius 1 is 1.08 bits per heavy atom. The molecule has 0 fully saturated rings. The molecular formula is C21H23NO4. The fraction of sp³-hybridized carbons (Fsp3) is 0.238. The van der Waals surface area contributed by atoms with Gasteiger partial charge in [-0.3, -0.25) is 4.79 Å². The van der Waals surface area contributed by atoms with Crippen molar-refractivity contribution in [2.24, 2.45) is 0 Å². The molecule has 0 saturated carbocycles. The molecule has 2 aromatic rings. The number of methoxy groups -OCH3 is 1. The van der Waals surface area contributed by atoms with E-state index in [2.05, 4.69) is 5.32 Å². The molecule has 5 heteroatoms. The third-order valence-electron chi connectivity index (χ3n) is 3.85. The monoisotopic (exact) mass is 353 g/mol. The second-order valence-electron chi connectivity index (χ2n) is 5.74. The minimum atomic E-state index is -0.560. The van der Waals surface area contributed by atoms with Crippen LogP contribution in [0.4, 0.5) is 0 Å². The minimum Gasteiger partial charge on any atom is -0.497 e. The van der Waals surface area contributed by atoms with Gasteiger partial charge in [0.15, 0.2) is 6.61 Å². The van der Waals surface area contributed by atoms with Gasteiger partial charge < -0.3 is 14.8 Å². The molecule has 0 unspecified atom stereocenters. The van der Waals surface area contributed by atoms with Crippen LogP contribution in [0.1, 0.15) is 16.7 Å². The van der Waals surface area contributed by atoms with E-state index in [1.165, 1.54) is 17.2 Å². The summed E-state index contributed by atoms with van der Waals surface area (Å²) in [6.45, 7) is 2.25. The number of nitrogens with one attached hydrogen (secondary N) is 1. The highest BCUT2D eigenvalue weighted by Crippen LogP contribution is 2.12. The predicted molar refractivity (Wildman–Crippen MR) is 101 cm³/mol. The Labute approximate surface area is 153 Å². The van der Waals surface area contributed by atoms with E-state index in [4.69, 9.17) is 9.47 Å². The number of carbonyl (C=O) groups is 2. The SMILES string of the molecule is COc1ccc(/C=C/C(=O)OCC(=O)NCCc2ccccc2C)cc1. The lowest BCUT2D eigenvalue weighted by Gasteiger charge is -2.07. The van der Waals surface area contributed by atoms with Crippen molar-refractivity contribution in [3.8, 4) is 5.75 Å². The van der Waals surface area contributed by atoms with Gasteiger partial charge in [0.1, 0.15) is 5.75 Å². The van der Waals surface area contributed by atoms with Gasteiger partial charge in [0.25, 0.3) is 5.91 Å². The molecule has 0 bridgehead atoms. The third-order valence-corrected chi connectivity index (χ3v) is 3.85. The van der Waals surface area contributed by atoms with E-state index in [1.54, 1.807) is 25.3 Å². The summed E-state index contributed by atoms with van der Waals surface area (Å²) < 4.78 is 10.0. The molecule has 0 spiro atoms. The average Bonchev–Trinajstić information content (AvgIpc) is 2.66. The summed E-state index contributed by atoms with van der Waals surface area (Å²) in [6, 6.07) is 15.3. The van der Waals surface area contributed by atoms with Crippen LogP contribution in [0.25, 0.3) is 6.08 Å². The van der Waals surface area contributed by atoms with Crippen LogP contribution in [0, 0.1) is 6.92 Å². The van der Waals surface area contributed by atoms with Gasteiger partial charge in [-0.1, -0.05) is 36.4 Å². The number of hydrogen-bond donors (Lipinski definition) is 1. The predicted octanol–water partition coefficient (Wildman–Crippen LogP) is 2.92. The molecule has 2 aromatic carbocycles. The van der Waals surface area contributed by atoms with E-state index in [0.717, 1.165) is 17.7 Å². The molecule has 26 heavy (non-hydrogen) atoms. The van der Waals surface area contributed by atoms with Gasteiger partial charge in [0.2, 0.25) is 0 Å². The van der Waals surface area contributed by atoms with E-state index in [-0.39, 0.29) is 12.5 Å². The first-order valence-electron chi connectivity index (χ1n) is 8.38. The van der Waals surface area contributed by atoms with Crippen LogP contribution in [0.2, 0.25) is 0 Å². The van der Waals surface area contributed by atoms with Gasteiger partial charge in [0, 0.05) is 12.6 Å². The smallest absolute Gasteiger partial charge is 0.331 e. The molecule has 5 nitrogen and oxygen atoms in total. The van der Waals surface area contributed by atoms with Crippen LogP contribution in [0.15, 0.2) is 54.6 Å². The quantitative estimate of drug-likeness (QED) is 0.585. The molecule has 0 heterocycles. The lowest BCUT2D eigenvalue weighted by Crippen LogP contribution is -2.30. The van der Waals surface area contributed by atoms with E-state index in [9.17, 15) is 9.59 Å². The summed E-state index contributed by atoms with van der Waals surface area (Å²) in [7, 11) is 1.59. The first-order valence-corrected chi connectivity index (χ1v) is 8.38. The normalized spacial score (nSPS) is 10.5. The maximum atomic E-state index is 11.7. The summed E-state index contributed by atoms with van der Waals surface area (Å²) >= 11 is 0. The van der Waals surface area contributed by atoms with Crippen molar-refractivity contribution in [3.05, 3.63) is 71.3 Å². The topological polar surface area (TPSA) is 64.6 Å². The molecule has 1 amide bonds. The van der Waals surface area contributed by atoms with Crippen LogP contribution in [-0.2, 0) is 20.7 Å². The van der Waals surface area contributed by atoms with Crippen molar-refractivity contribution in [2.75, 3.05) is 20.3 Å². The van der Waals surface area contributed by atoms with Crippen molar-refractivity contribution in [1.29, 1.82) is 0 Å². The fourth-order valence-corrected chi connectivity index (χ4v) is 2.34. The van der Waals surface area contributed by atoms with Gasteiger partial charge in [-0.25, -0.2) is 4.79 Å². The molecule has 2 rings (SSSR count). The fourth-order valence-electron chi connectivity index (χ4n) is 2.34. The number of hydrogen-bond acceptors (Lipinski definition) is 4. The zero-order valence-corrected chi connectivity index (χ0v) is 15.0. The zero-order chi connectivity index (χ0) is 18.8. The van der Waals surface area contributed by atoms with Crippen molar-refractivity contribution in [1.82, 2.24) is 5.32 Å². The van der Waals surface area contributed by atoms with Crippen LogP contribution in [-0.4, -0.2) is 32.1 Å². The van der Waals surface area contributed by atoms with Crippen LogP contribution < -0.4 is 10.1 Å². The van der Waals surface area contributed by atoms with Gasteiger partial charge in [-0.2, -0.15) is 0 Å². The maximum Gasteiger partial charge on any atom is 0.331 e. The van der Waals surface area contributed by atoms with Crippen molar-refractivity contribution in [3.63, 3.8) is 0 Å². The standard InChI is InChI=1S/C21H23NO4/c1-16-5-3-4-6-18(16)13-14-22-20(23)15-26-21(24)12-9-17-7-10-19(25-2)11-8-17/h3-12H,13-15H2,1-2H3,(H,22,23)/b12-9+. The molecular weight excluding hydrogens is 330 g/mol. The van der Waals surface area contributed by atoms with Crippen LogP contribution >= 0.6 is 0 Å². The summed E-state index contributed by atoms with van der Waals surface area (Å²) in [6.07, 6.45) is 3.66. The first-order chi connectivity index (χ1) is 12.6. The van der Waals surface area contributed by atoms with Crippen molar-refractivity contribution >= 4 is 18.0 Å². The first kappa shape index (κ1) is 19.2. The summed E-state index contributed by atoms with van der Waals surface area (Å²) in [5, 5.41) is 2.75. The highest BCUT2D eigenvalue weighted by Gasteiger charge is 2.05. The van der Waals surface area contributed by atoms with Crippen molar-refractivity contribution < 1.29 is 19.1 Å². The lowest BCUT2D eigenvalue weighted by atomic mass is 10.1. The second kappa shape index (κ2) is 10.0. The maximum absolute atomic E-state index is 11.7. The van der Waals surface area contributed by atoms with Gasteiger partial charge in [-0.05, 0) is 48.2 Å². The van der Waals surface area contributed by atoms with Crippen LogP contribution in [0.5, 0.6) is 5.75 Å². The van der Waals surface area contributed by atoms with E-state index < -0.39 is 5.97 Å². The second-order valence-corrected chi connectivity index (χ2v) is 5.74. The van der Waals surface area contributed by atoms with Gasteiger partial charge in [0.05, 0.1) is 7.11 Å². The van der Waals surface area contributed by atoms with E-state index in [1.807, 2.05) is 43.3 Å². The van der Waals surface area contributed by atoms with Gasteiger partial charge >= 0.3 is 5.97 Å². The largest absolute Gasteiger partial charge is 0.497 e. The number of amides is 1. The van der Waals surface area contributed by atoms with Crippen molar-refractivity contribution in [2.45, 2.75) is 13.3 Å². The molecule has 0 aliphatic heterocycles. The Hall–Kier alpha value is -3.08. The number of carbonyl (C=O) groups excluding carboxylic acids is 2. The molecule has 0 atom stereocenters. The highest BCUT2D eigenvalue weighted by molar-refractivity contribution is 5.89. The average molecular weight is 353 g/mol. The summed E-state index contributed by atoms with van der Waals surface area (Å²) in [4.78, 5) is 23.4. The molecule has 0 aliphatic carbocycles. The molecule has 1 N–H and O–H groups in total. The van der Waals surface area contributed by atoms with Crippen LogP contribution in [0.3, 0.4) is 0 Å². The number of aryl methyl sites for hydroxylation is 1. The molecule has 0 saturated heterocycles. The number of rotatable bonds is 8. The van der Waals surface area contributed by atoms with Gasteiger partial charge in [-0.15, -0.1) is 0 Å². The molecule has 0 radical (unpaired) electrons. The third kappa shape index (κ3) is 6.43. The van der Waals surface area contributed by atoms with E-state index in [0.29, 0.717) is 6.54 Å². The Kier molecular flexibility index (Phi) is 7.43. The molecule has 136 valence electrons. The lowest BCUT2D eigenvalue weighted by molar-refractivity contribution is -0.143. The number of ether oxygens (including phenoxy) is 2. The summed E-state index contributed by atoms with van der Waals surface area (Å²) in [5.74, 6) is -0.133. The highest BCUT2D eigenvalue weighted by atomic mass is 16.5. The zero-order valence-electron chi connectivity index (χ0n) is 15.0. The Balaban J connectivity index is 1.68. The summed E-state index contributed by atoms with van der Waals surface area (Å²) in [5.41, 5.74) is 3.22. The molecule has 0 aliphatic rings. The minimum absolute atomic E-state index is 0.292. The van der Waals surface area contributed by atoms with E-state index >= 15 is 0 Å². The Morgan fingerprint density at radius 2 is 1.81 bits per heavy atom. The number of benzene rings is 2. The Bertz CT molecular complexity index is 766. The number of esters is 1.